The number of hydrogen-bond donors (Lipinski definition) is 1. The summed E-state index contributed by atoms with van der Waals surface area (Å²) in [6.07, 6.45) is 14.9. The molecule has 1 N–H and O–H groups in total. The fraction of sp³-hybridized carbons (Fsp3) is 0.923. The molecule has 0 bridgehead atoms. The third kappa shape index (κ3) is 3.45. The van der Waals surface area contributed by atoms with Gasteiger partial charge in [0.25, 0.3) is 0 Å². The third-order valence-electron chi connectivity index (χ3n) is 9.84. The van der Waals surface area contributed by atoms with Gasteiger partial charge in [0.2, 0.25) is 0 Å². The number of fused-ring (bicyclic) bond motifs is 5. The van der Waals surface area contributed by atoms with E-state index in [1.807, 2.05) is 13.8 Å². The maximum absolute atomic E-state index is 10.5. The van der Waals surface area contributed by atoms with Crippen LogP contribution in [0.1, 0.15) is 105 Å². The predicted molar refractivity (Wildman–Crippen MR) is 117 cm³/mol. The van der Waals surface area contributed by atoms with Gasteiger partial charge in [0.05, 0.1) is 6.10 Å². The van der Waals surface area contributed by atoms with Crippen molar-refractivity contribution in [1.29, 1.82) is 0 Å². The minimum Gasteiger partial charge on any atom is -0.393 e. The quantitative estimate of drug-likeness (QED) is 0.500. The fourth-order valence-electron chi connectivity index (χ4n) is 8.52. The van der Waals surface area contributed by atoms with Crippen LogP contribution < -0.4 is 0 Å². The molecule has 4 aliphatic rings. The van der Waals surface area contributed by atoms with E-state index in [1.54, 1.807) is 0 Å². The topological polar surface area (TPSA) is 20.2 Å². The van der Waals surface area contributed by atoms with E-state index in [0.717, 1.165) is 23.7 Å². The predicted octanol–water partition coefficient (Wildman–Crippen LogP) is 7.39. The second-order valence-electron chi connectivity index (χ2n) is 10.6. The summed E-state index contributed by atoms with van der Waals surface area (Å²) in [6.45, 7) is 15.4. The summed E-state index contributed by atoms with van der Waals surface area (Å²) in [5.74, 6) is 4.30. The Bertz CT molecular complexity index is 522. The van der Waals surface area contributed by atoms with Crippen LogP contribution in [0.15, 0.2) is 12.2 Å². The highest BCUT2D eigenvalue weighted by atomic mass is 16.3. The first-order valence-electron chi connectivity index (χ1n) is 12.3. The van der Waals surface area contributed by atoms with Crippen LogP contribution in [0.3, 0.4) is 0 Å². The van der Waals surface area contributed by atoms with E-state index in [1.165, 1.54) is 76.2 Å². The van der Waals surface area contributed by atoms with Gasteiger partial charge in [0.1, 0.15) is 0 Å². The second-order valence-corrected chi connectivity index (χ2v) is 10.6. The summed E-state index contributed by atoms with van der Waals surface area (Å²) in [6, 6.07) is 0. The Morgan fingerprint density at radius 2 is 1.63 bits per heavy atom. The number of rotatable bonds is 2. The molecule has 4 aliphatic carbocycles. The van der Waals surface area contributed by atoms with Gasteiger partial charge in [-0.1, -0.05) is 39.8 Å². The van der Waals surface area contributed by atoms with Crippen molar-refractivity contribution in [2.24, 2.45) is 40.4 Å². The van der Waals surface area contributed by atoms with E-state index in [0.29, 0.717) is 16.7 Å². The number of aliphatic hydroxyl groups is 1. The molecule has 0 heterocycles. The van der Waals surface area contributed by atoms with Gasteiger partial charge in [-0.2, -0.15) is 0 Å². The number of hydrogen-bond acceptors (Lipinski definition) is 1. The Morgan fingerprint density at radius 1 is 0.963 bits per heavy atom. The van der Waals surface area contributed by atoms with Crippen molar-refractivity contribution in [1.82, 2.24) is 0 Å². The van der Waals surface area contributed by atoms with Crippen LogP contribution in [0.25, 0.3) is 0 Å². The molecule has 8 atom stereocenters. The van der Waals surface area contributed by atoms with Gasteiger partial charge in [-0.05, 0) is 118 Å². The Kier molecular flexibility index (Phi) is 6.51. The Morgan fingerprint density at radius 3 is 2.30 bits per heavy atom. The Hall–Kier alpha value is -0.300. The Balaban J connectivity index is 0.00000102. The normalized spacial score (nSPS) is 47.6. The van der Waals surface area contributed by atoms with Crippen molar-refractivity contribution in [2.45, 2.75) is 111 Å². The zero-order valence-electron chi connectivity index (χ0n) is 18.9. The highest BCUT2D eigenvalue weighted by Crippen LogP contribution is 2.67. The molecule has 0 radical (unpaired) electrons. The van der Waals surface area contributed by atoms with Crippen LogP contribution in [0, 0.1) is 40.4 Å². The average Bonchev–Trinajstić information content (AvgIpc) is 3.00. The fourth-order valence-corrected chi connectivity index (χ4v) is 8.52. The molecule has 0 aromatic rings. The minimum absolute atomic E-state index is 0.114. The van der Waals surface area contributed by atoms with Crippen molar-refractivity contribution in [3.05, 3.63) is 12.2 Å². The van der Waals surface area contributed by atoms with Gasteiger partial charge in [-0.3, -0.25) is 0 Å². The van der Waals surface area contributed by atoms with Crippen molar-refractivity contribution in [3.63, 3.8) is 0 Å². The maximum atomic E-state index is 10.5. The van der Waals surface area contributed by atoms with E-state index in [4.69, 9.17) is 0 Å². The molecule has 4 fully saturated rings. The first-order valence-corrected chi connectivity index (χ1v) is 12.3. The summed E-state index contributed by atoms with van der Waals surface area (Å²) in [4.78, 5) is 0. The molecule has 156 valence electrons. The smallest absolute Gasteiger partial charge is 0.0545 e. The van der Waals surface area contributed by atoms with Gasteiger partial charge in [0.15, 0.2) is 0 Å². The van der Waals surface area contributed by atoms with Crippen LogP contribution in [0.4, 0.5) is 0 Å². The van der Waals surface area contributed by atoms with Crippen molar-refractivity contribution in [3.8, 4) is 0 Å². The van der Waals surface area contributed by atoms with E-state index >= 15 is 0 Å². The molecular weight excluding hydrogens is 328 g/mol. The molecule has 27 heavy (non-hydrogen) atoms. The molecule has 0 saturated heterocycles. The van der Waals surface area contributed by atoms with Crippen LogP contribution in [-0.4, -0.2) is 11.2 Å². The zero-order chi connectivity index (χ0) is 19.8. The van der Waals surface area contributed by atoms with Crippen LogP contribution in [0.5, 0.6) is 0 Å². The lowest BCUT2D eigenvalue weighted by atomic mass is 9.47. The Labute approximate surface area is 169 Å². The largest absolute Gasteiger partial charge is 0.393 e. The lowest BCUT2D eigenvalue weighted by Crippen LogP contribution is -2.51. The monoisotopic (exact) mass is 374 g/mol. The highest BCUT2D eigenvalue weighted by Gasteiger charge is 2.60. The SMILES string of the molecule is C=C1CCC2C3CCC4(CC)C(C(C)O)CCC4C3CCC2(C)CC1.CC. The molecule has 1 heteroatoms. The van der Waals surface area contributed by atoms with Gasteiger partial charge >= 0.3 is 0 Å². The van der Waals surface area contributed by atoms with Crippen LogP contribution in [0.2, 0.25) is 0 Å². The lowest BCUT2D eigenvalue weighted by Gasteiger charge is -2.58. The first kappa shape index (κ1) is 21.4. The summed E-state index contributed by atoms with van der Waals surface area (Å²) in [5.41, 5.74) is 2.55. The molecule has 0 spiro atoms. The van der Waals surface area contributed by atoms with Gasteiger partial charge in [-0.25, -0.2) is 0 Å². The molecule has 4 rings (SSSR count). The highest BCUT2D eigenvalue weighted by molar-refractivity contribution is 5.11. The van der Waals surface area contributed by atoms with Crippen LogP contribution >= 0.6 is 0 Å². The number of allylic oxidation sites excluding steroid dienone is 1. The van der Waals surface area contributed by atoms with E-state index < -0.39 is 0 Å². The van der Waals surface area contributed by atoms with Gasteiger partial charge < -0.3 is 5.11 Å². The lowest BCUT2D eigenvalue weighted by molar-refractivity contribution is -0.103. The summed E-state index contributed by atoms with van der Waals surface area (Å²) in [7, 11) is 0. The second kappa shape index (κ2) is 8.21. The zero-order valence-corrected chi connectivity index (χ0v) is 18.9. The third-order valence-corrected chi connectivity index (χ3v) is 9.84. The van der Waals surface area contributed by atoms with Gasteiger partial charge in [-0.15, -0.1) is 0 Å². The molecule has 1 nitrogen and oxygen atoms in total. The molecule has 0 amide bonds. The molecule has 0 aromatic heterocycles. The van der Waals surface area contributed by atoms with E-state index in [9.17, 15) is 5.11 Å². The minimum atomic E-state index is -0.114. The average molecular weight is 375 g/mol. The number of aliphatic hydroxyl groups excluding tert-OH is 1. The first-order chi connectivity index (χ1) is 12.9. The molecule has 4 saturated carbocycles. The van der Waals surface area contributed by atoms with Crippen molar-refractivity contribution < 1.29 is 5.11 Å². The standard InChI is InChI=1S/C24H40O.C2H6/c1-5-24-15-12-18-19(22(24)9-8-20(24)17(3)25)11-14-23(4)13-10-16(2)6-7-21(18)23;1-2/h17-22,25H,2,5-15H2,1,3-4H3;1-2H3. The molecule has 8 unspecified atom stereocenters. The van der Waals surface area contributed by atoms with Crippen molar-refractivity contribution >= 4 is 0 Å². The van der Waals surface area contributed by atoms with Gasteiger partial charge in [0, 0.05) is 0 Å². The molecule has 0 aliphatic heterocycles. The molecule has 0 aromatic carbocycles. The maximum Gasteiger partial charge on any atom is 0.0545 e. The molecular formula is C26H46O. The summed E-state index contributed by atoms with van der Waals surface area (Å²) < 4.78 is 0. The summed E-state index contributed by atoms with van der Waals surface area (Å²) >= 11 is 0. The van der Waals surface area contributed by atoms with E-state index in [2.05, 4.69) is 27.4 Å². The summed E-state index contributed by atoms with van der Waals surface area (Å²) in [5, 5.41) is 10.5. The van der Waals surface area contributed by atoms with E-state index in [-0.39, 0.29) is 6.10 Å². The van der Waals surface area contributed by atoms with Crippen molar-refractivity contribution in [2.75, 3.05) is 0 Å². The van der Waals surface area contributed by atoms with Crippen LogP contribution in [-0.2, 0) is 0 Å².